The van der Waals surface area contributed by atoms with Crippen molar-refractivity contribution in [3.05, 3.63) is 34.7 Å². The maximum Gasteiger partial charge on any atom is 0.0431 e. The van der Waals surface area contributed by atoms with Crippen molar-refractivity contribution in [1.29, 1.82) is 0 Å². The first-order valence-corrected chi connectivity index (χ1v) is 7.88. The fourth-order valence-corrected chi connectivity index (χ4v) is 3.67. The molecule has 2 N–H and O–H groups in total. The van der Waals surface area contributed by atoms with Crippen LogP contribution in [0.2, 0.25) is 0 Å². The number of hydrogen-bond acceptors (Lipinski definition) is 3. The number of unbranched alkanes of at least 4 members (excludes halogenated alkanes) is 2. The van der Waals surface area contributed by atoms with E-state index in [1.165, 1.54) is 20.5 Å². The molecule has 1 aromatic carbocycles. The first kappa shape index (κ1) is 14.5. The van der Waals surface area contributed by atoms with Gasteiger partial charge in [-0.25, -0.2) is 0 Å². The van der Waals surface area contributed by atoms with Crippen molar-refractivity contribution < 1.29 is 5.11 Å². The van der Waals surface area contributed by atoms with Crippen molar-refractivity contribution in [3.63, 3.8) is 0 Å². The molecule has 1 atom stereocenters. The lowest BCUT2D eigenvalue weighted by Gasteiger charge is -2.13. The Balaban J connectivity index is 1.97. The molecule has 0 aliphatic rings. The van der Waals surface area contributed by atoms with Gasteiger partial charge in [0.2, 0.25) is 0 Å². The Morgan fingerprint density at radius 1 is 1.21 bits per heavy atom. The number of nitrogens with one attached hydrogen (secondary N) is 1. The zero-order valence-corrected chi connectivity index (χ0v) is 12.6. The van der Waals surface area contributed by atoms with Crippen LogP contribution in [0.15, 0.2) is 24.3 Å². The van der Waals surface area contributed by atoms with Gasteiger partial charge in [-0.2, -0.15) is 0 Å². The van der Waals surface area contributed by atoms with E-state index < -0.39 is 0 Å². The van der Waals surface area contributed by atoms with Crippen molar-refractivity contribution in [3.8, 4) is 0 Å². The van der Waals surface area contributed by atoms with E-state index in [0.717, 1.165) is 25.8 Å². The van der Waals surface area contributed by atoms with Crippen LogP contribution < -0.4 is 5.32 Å². The highest BCUT2D eigenvalue weighted by molar-refractivity contribution is 7.19. The van der Waals surface area contributed by atoms with Gasteiger partial charge in [0, 0.05) is 22.2 Å². The standard InChI is InChI=1S/C16H23NOS/c1-12-14-8-4-5-9-15(14)19-16(12)13(2)17-10-6-3-7-11-18/h4-5,8-9,13,17-18H,3,6-7,10-11H2,1-2H3. The van der Waals surface area contributed by atoms with Crippen molar-refractivity contribution >= 4 is 21.4 Å². The van der Waals surface area contributed by atoms with Gasteiger partial charge in [-0.05, 0) is 56.7 Å². The molecule has 19 heavy (non-hydrogen) atoms. The van der Waals surface area contributed by atoms with Crippen molar-refractivity contribution in [2.75, 3.05) is 13.2 Å². The summed E-state index contributed by atoms with van der Waals surface area (Å²) in [6, 6.07) is 9.03. The van der Waals surface area contributed by atoms with Gasteiger partial charge >= 0.3 is 0 Å². The van der Waals surface area contributed by atoms with Crippen molar-refractivity contribution in [2.24, 2.45) is 0 Å². The molecule has 3 heteroatoms. The fraction of sp³-hybridized carbons (Fsp3) is 0.500. The Morgan fingerprint density at radius 3 is 2.74 bits per heavy atom. The average molecular weight is 277 g/mol. The molecule has 0 aliphatic carbocycles. The predicted molar refractivity (Wildman–Crippen MR) is 83.9 cm³/mol. The first-order valence-electron chi connectivity index (χ1n) is 7.06. The monoisotopic (exact) mass is 277 g/mol. The summed E-state index contributed by atoms with van der Waals surface area (Å²) in [5.41, 5.74) is 1.41. The third-order valence-corrected chi connectivity index (χ3v) is 5.01. The van der Waals surface area contributed by atoms with E-state index in [4.69, 9.17) is 5.11 Å². The molecule has 0 amide bonds. The molecule has 2 rings (SSSR count). The molecule has 1 aromatic heterocycles. The molecule has 0 saturated heterocycles. The van der Waals surface area contributed by atoms with Gasteiger partial charge in [-0.3, -0.25) is 0 Å². The molecule has 0 fully saturated rings. The highest BCUT2D eigenvalue weighted by Crippen LogP contribution is 2.34. The van der Waals surface area contributed by atoms with E-state index in [-0.39, 0.29) is 0 Å². The van der Waals surface area contributed by atoms with E-state index in [1.54, 1.807) is 0 Å². The van der Waals surface area contributed by atoms with Gasteiger partial charge in [-0.1, -0.05) is 18.2 Å². The molecule has 0 saturated carbocycles. The number of aliphatic hydroxyl groups excluding tert-OH is 1. The van der Waals surface area contributed by atoms with Gasteiger partial charge in [0.15, 0.2) is 0 Å². The summed E-state index contributed by atoms with van der Waals surface area (Å²) in [5.74, 6) is 0. The molecule has 0 spiro atoms. The van der Waals surface area contributed by atoms with Crippen LogP contribution in [0.1, 0.15) is 42.7 Å². The number of fused-ring (bicyclic) bond motifs is 1. The van der Waals surface area contributed by atoms with Crippen LogP contribution in [-0.4, -0.2) is 18.3 Å². The summed E-state index contributed by atoms with van der Waals surface area (Å²) in [5, 5.41) is 13.7. The SMILES string of the molecule is Cc1c(C(C)NCCCCCO)sc2ccccc12. The number of benzene rings is 1. The maximum absolute atomic E-state index is 8.75. The highest BCUT2D eigenvalue weighted by Gasteiger charge is 2.13. The molecule has 104 valence electrons. The Labute approximate surface area is 119 Å². The Kier molecular flexibility index (Phi) is 5.37. The number of aryl methyl sites for hydroxylation is 1. The minimum absolute atomic E-state index is 0.310. The molecular weight excluding hydrogens is 254 g/mol. The van der Waals surface area contributed by atoms with Gasteiger partial charge in [0.25, 0.3) is 0 Å². The Hall–Kier alpha value is -0.900. The van der Waals surface area contributed by atoms with Crippen molar-refractivity contribution in [2.45, 2.75) is 39.2 Å². The largest absolute Gasteiger partial charge is 0.396 e. The normalized spacial score (nSPS) is 13.0. The van der Waals surface area contributed by atoms with E-state index in [1.807, 2.05) is 11.3 Å². The van der Waals surface area contributed by atoms with E-state index in [2.05, 4.69) is 43.4 Å². The number of aliphatic hydroxyl groups is 1. The van der Waals surface area contributed by atoms with Crippen LogP contribution in [0.5, 0.6) is 0 Å². The lowest BCUT2D eigenvalue weighted by molar-refractivity contribution is 0.282. The van der Waals surface area contributed by atoms with Crippen LogP contribution in [0.3, 0.4) is 0 Å². The Morgan fingerprint density at radius 2 is 2.00 bits per heavy atom. The van der Waals surface area contributed by atoms with Crippen LogP contribution in [0, 0.1) is 6.92 Å². The summed E-state index contributed by atoms with van der Waals surface area (Å²) in [4.78, 5) is 1.45. The van der Waals surface area contributed by atoms with E-state index >= 15 is 0 Å². The summed E-state index contributed by atoms with van der Waals surface area (Å²) in [6.07, 6.45) is 3.15. The molecule has 0 bridgehead atoms. The van der Waals surface area contributed by atoms with Crippen LogP contribution >= 0.6 is 11.3 Å². The number of hydrogen-bond donors (Lipinski definition) is 2. The zero-order valence-electron chi connectivity index (χ0n) is 11.8. The van der Waals surface area contributed by atoms with Crippen LogP contribution in [-0.2, 0) is 0 Å². The second kappa shape index (κ2) is 7.04. The maximum atomic E-state index is 8.75. The summed E-state index contributed by atoms with van der Waals surface area (Å²) in [6.45, 7) is 5.79. The first-order chi connectivity index (χ1) is 9.24. The van der Waals surface area contributed by atoms with E-state index in [0.29, 0.717) is 12.6 Å². The molecule has 0 aliphatic heterocycles. The lowest BCUT2D eigenvalue weighted by Crippen LogP contribution is -2.19. The van der Waals surface area contributed by atoms with Gasteiger partial charge in [0.1, 0.15) is 0 Å². The number of rotatable bonds is 7. The topological polar surface area (TPSA) is 32.3 Å². The van der Waals surface area contributed by atoms with Crippen LogP contribution in [0.25, 0.3) is 10.1 Å². The Bertz CT molecular complexity index is 520. The molecule has 2 aromatic rings. The molecular formula is C16H23NOS. The van der Waals surface area contributed by atoms with Gasteiger partial charge in [0.05, 0.1) is 0 Å². The fourth-order valence-electron chi connectivity index (χ4n) is 2.43. The van der Waals surface area contributed by atoms with Gasteiger partial charge < -0.3 is 10.4 Å². The summed E-state index contributed by atoms with van der Waals surface area (Å²) >= 11 is 1.90. The minimum atomic E-state index is 0.310. The smallest absolute Gasteiger partial charge is 0.0431 e. The van der Waals surface area contributed by atoms with Gasteiger partial charge in [-0.15, -0.1) is 11.3 Å². The summed E-state index contributed by atoms with van der Waals surface area (Å²) < 4.78 is 1.38. The van der Waals surface area contributed by atoms with E-state index in [9.17, 15) is 0 Å². The molecule has 0 radical (unpaired) electrons. The second-order valence-corrected chi connectivity index (χ2v) is 6.13. The molecule has 1 unspecified atom stereocenters. The minimum Gasteiger partial charge on any atom is -0.396 e. The van der Waals surface area contributed by atoms with Crippen LogP contribution in [0.4, 0.5) is 0 Å². The number of thiophene rings is 1. The second-order valence-electron chi connectivity index (χ2n) is 5.05. The highest BCUT2D eigenvalue weighted by atomic mass is 32.1. The summed E-state index contributed by atoms with van der Waals surface area (Å²) in [7, 11) is 0. The molecule has 2 nitrogen and oxygen atoms in total. The average Bonchev–Trinajstić information content (AvgIpc) is 2.76. The molecule has 1 heterocycles. The quantitative estimate of drug-likeness (QED) is 0.749. The zero-order chi connectivity index (χ0) is 13.7. The van der Waals surface area contributed by atoms with Crippen molar-refractivity contribution in [1.82, 2.24) is 5.32 Å². The predicted octanol–water partition coefficient (Wildman–Crippen LogP) is 4.02. The lowest BCUT2D eigenvalue weighted by atomic mass is 10.1. The third-order valence-electron chi connectivity index (χ3n) is 3.56. The third kappa shape index (κ3) is 3.56.